The van der Waals surface area contributed by atoms with E-state index >= 15 is 0 Å². The summed E-state index contributed by atoms with van der Waals surface area (Å²) < 4.78 is 11.0. The second-order valence-electron chi connectivity index (χ2n) is 7.86. The fraction of sp³-hybridized carbons (Fsp3) is 0.409. The van der Waals surface area contributed by atoms with Crippen molar-refractivity contribution in [3.8, 4) is 17.4 Å². The molecule has 2 rings (SSSR count). The molecule has 0 saturated carbocycles. The highest BCUT2D eigenvalue weighted by Crippen LogP contribution is 2.27. The van der Waals surface area contributed by atoms with Crippen molar-refractivity contribution in [3.63, 3.8) is 0 Å². The molecule has 0 saturated heterocycles. The van der Waals surface area contributed by atoms with E-state index in [4.69, 9.17) is 9.47 Å². The molecule has 0 bridgehead atoms. The number of ether oxygens (including phenoxy) is 2. The molecule has 0 aliphatic rings. The number of carbonyl (C=O) groups is 2. The van der Waals surface area contributed by atoms with Gasteiger partial charge in [-0.15, -0.1) is 0 Å². The highest BCUT2D eigenvalue weighted by molar-refractivity contribution is 5.96. The summed E-state index contributed by atoms with van der Waals surface area (Å²) in [6.07, 6.45) is 0.673. The van der Waals surface area contributed by atoms with Crippen LogP contribution in [0.3, 0.4) is 0 Å². The van der Waals surface area contributed by atoms with Crippen LogP contribution in [-0.2, 0) is 4.79 Å². The van der Waals surface area contributed by atoms with Gasteiger partial charge in [-0.1, -0.05) is 13.0 Å². The molecule has 0 fully saturated rings. The molecule has 162 valence electrons. The molecule has 8 nitrogen and oxygen atoms in total. The Hall–Kier alpha value is -3.29. The first-order valence-corrected chi connectivity index (χ1v) is 9.68. The van der Waals surface area contributed by atoms with E-state index in [9.17, 15) is 14.7 Å². The molecule has 1 heterocycles. The summed E-state index contributed by atoms with van der Waals surface area (Å²) in [5.74, 6) is 1.24. The molecule has 1 aromatic carbocycles. The number of nitrogens with zero attached hydrogens (tertiary/aromatic N) is 2. The average molecular weight is 415 g/mol. The zero-order chi connectivity index (χ0) is 22.5. The number of anilines is 1. The molecular formula is C22H29N3O5. The first-order valence-electron chi connectivity index (χ1n) is 9.68. The molecule has 2 amide bonds. The van der Waals surface area contributed by atoms with E-state index < -0.39 is 23.6 Å². The van der Waals surface area contributed by atoms with Crippen molar-refractivity contribution in [3.05, 3.63) is 42.1 Å². The van der Waals surface area contributed by atoms with Gasteiger partial charge in [-0.25, -0.2) is 9.78 Å². The molecule has 1 unspecified atom stereocenters. The second kappa shape index (κ2) is 9.47. The zero-order valence-corrected chi connectivity index (χ0v) is 18.2. The van der Waals surface area contributed by atoms with Crippen LogP contribution in [0.5, 0.6) is 17.4 Å². The molecule has 1 aromatic heterocycles. The van der Waals surface area contributed by atoms with Gasteiger partial charge < -0.3 is 19.9 Å². The Morgan fingerprint density at radius 2 is 1.93 bits per heavy atom. The lowest BCUT2D eigenvalue weighted by molar-refractivity contribution is -0.122. The highest BCUT2D eigenvalue weighted by atomic mass is 16.5. The molecule has 0 spiro atoms. The van der Waals surface area contributed by atoms with E-state index in [0.717, 1.165) is 10.5 Å². The van der Waals surface area contributed by atoms with Crippen LogP contribution < -0.4 is 14.8 Å². The first kappa shape index (κ1) is 23.0. The van der Waals surface area contributed by atoms with Gasteiger partial charge in [-0.3, -0.25) is 9.69 Å². The Morgan fingerprint density at radius 1 is 1.23 bits per heavy atom. The van der Waals surface area contributed by atoms with E-state index in [1.807, 2.05) is 19.1 Å². The minimum absolute atomic E-state index is 0.347. The van der Waals surface area contributed by atoms with Crippen LogP contribution in [0.1, 0.15) is 39.7 Å². The Bertz CT molecular complexity index is 891. The summed E-state index contributed by atoms with van der Waals surface area (Å²) >= 11 is 0. The van der Waals surface area contributed by atoms with E-state index in [1.165, 1.54) is 6.20 Å². The standard InChI is InChI=1S/C22H29N3O5/c1-7-17(25(21(27)28)22(3,4)5)20(26)24-15-9-11-19(23-13-15)30-16-10-8-14(2)18(12-16)29-6/h8-13,17H,7H2,1-6H3,(H,24,26)(H,27,28). The molecule has 0 aliphatic carbocycles. The normalized spacial score (nSPS) is 12.1. The number of carboxylic acid groups (broad SMARTS) is 1. The van der Waals surface area contributed by atoms with Crippen molar-refractivity contribution < 1.29 is 24.2 Å². The third-order valence-electron chi connectivity index (χ3n) is 4.54. The number of hydrogen-bond donors (Lipinski definition) is 2. The van der Waals surface area contributed by atoms with E-state index in [1.54, 1.807) is 53.0 Å². The van der Waals surface area contributed by atoms with Crippen LogP contribution in [0.25, 0.3) is 0 Å². The number of aromatic nitrogens is 1. The largest absolute Gasteiger partial charge is 0.496 e. The van der Waals surface area contributed by atoms with Gasteiger partial charge in [0.1, 0.15) is 17.5 Å². The van der Waals surface area contributed by atoms with E-state index in [0.29, 0.717) is 29.5 Å². The minimum atomic E-state index is -1.14. The molecule has 30 heavy (non-hydrogen) atoms. The van der Waals surface area contributed by atoms with Crippen LogP contribution in [0, 0.1) is 6.92 Å². The number of hydrogen-bond acceptors (Lipinski definition) is 5. The van der Waals surface area contributed by atoms with Gasteiger partial charge in [0.05, 0.1) is 19.0 Å². The number of nitrogens with one attached hydrogen (secondary N) is 1. The van der Waals surface area contributed by atoms with Crippen molar-refractivity contribution in [1.82, 2.24) is 9.88 Å². The number of amides is 2. The quantitative estimate of drug-likeness (QED) is 0.680. The highest BCUT2D eigenvalue weighted by Gasteiger charge is 2.36. The number of benzene rings is 1. The minimum Gasteiger partial charge on any atom is -0.496 e. The maximum atomic E-state index is 12.7. The van der Waals surface area contributed by atoms with Crippen molar-refractivity contribution in [1.29, 1.82) is 0 Å². The van der Waals surface area contributed by atoms with Crippen LogP contribution in [-0.4, -0.2) is 45.7 Å². The third-order valence-corrected chi connectivity index (χ3v) is 4.54. The topological polar surface area (TPSA) is 101 Å². The van der Waals surface area contributed by atoms with Crippen molar-refractivity contribution >= 4 is 17.7 Å². The Morgan fingerprint density at radius 3 is 2.43 bits per heavy atom. The van der Waals surface area contributed by atoms with Crippen molar-refractivity contribution in [2.75, 3.05) is 12.4 Å². The van der Waals surface area contributed by atoms with Gasteiger partial charge in [-0.2, -0.15) is 0 Å². The monoisotopic (exact) mass is 415 g/mol. The lowest BCUT2D eigenvalue weighted by Crippen LogP contribution is -2.55. The second-order valence-corrected chi connectivity index (χ2v) is 7.86. The summed E-state index contributed by atoms with van der Waals surface area (Å²) in [6, 6.07) is 7.93. The smallest absolute Gasteiger partial charge is 0.408 e. The zero-order valence-electron chi connectivity index (χ0n) is 18.2. The van der Waals surface area contributed by atoms with Crippen LogP contribution in [0.2, 0.25) is 0 Å². The maximum absolute atomic E-state index is 12.7. The maximum Gasteiger partial charge on any atom is 0.408 e. The number of pyridine rings is 1. The van der Waals surface area contributed by atoms with Crippen molar-refractivity contribution in [2.45, 2.75) is 52.6 Å². The van der Waals surface area contributed by atoms with Crippen molar-refractivity contribution in [2.24, 2.45) is 0 Å². The predicted octanol–water partition coefficient (Wildman–Crippen LogP) is 4.69. The number of methoxy groups -OCH3 is 1. The number of rotatable bonds is 7. The number of carbonyl (C=O) groups excluding carboxylic acids is 1. The molecule has 8 heteroatoms. The van der Waals surface area contributed by atoms with Crippen LogP contribution in [0.15, 0.2) is 36.5 Å². The molecular weight excluding hydrogens is 386 g/mol. The lowest BCUT2D eigenvalue weighted by atomic mass is 10.0. The molecule has 0 aliphatic heterocycles. The third kappa shape index (κ3) is 5.62. The summed E-state index contributed by atoms with van der Waals surface area (Å²) in [7, 11) is 1.59. The summed E-state index contributed by atoms with van der Waals surface area (Å²) in [5, 5.41) is 12.3. The Balaban J connectivity index is 2.10. The first-order chi connectivity index (χ1) is 14.1. The molecule has 1 atom stereocenters. The number of aryl methyl sites for hydroxylation is 1. The van der Waals surface area contributed by atoms with Gasteiger partial charge in [-0.05, 0) is 51.8 Å². The van der Waals surface area contributed by atoms with Gasteiger partial charge in [0.2, 0.25) is 11.8 Å². The summed E-state index contributed by atoms with van der Waals surface area (Å²) in [5.41, 5.74) is 0.730. The SMILES string of the molecule is CCC(C(=O)Nc1ccc(Oc2ccc(C)c(OC)c2)nc1)N(C(=O)O)C(C)(C)C. The van der Waals surface area contributed by atoms with Crippen LogP contribution >= 0.6 is 0 Å². The van der Waals surface area contributed by atoms with E-state index in [2.05, 4.69) is 10.3 Å². The summed E-state index contributed by atoms with van der Waals surface area (Å²) in [4.78, 5) is 29.8. The Labute approximate surface area is 176 Å². The predicted molar refractivity (Wildman–Crippen MR) is 114 cm³/mol. The van der Waals surface area contributed by atoms with Gasteiger partial charge in [0.25, 0.3) is 0 Å². The average Bonchev–Trinajstić information content (AvgIpc) is 2.67. The molecule has 2 aromatic rings. The fourth-order valence-electron chi connectivity index (χ4n) is 3.10. The molecule has 0 radical (unpaired) electrons. The lowest BCUT2D eigenvalue weighted by Gasteiger charge is -2.38. The van der Waals surface area contributed by atoms with Gasteiger partial charge in [0, 0.05) is 17.7 Å². The van der Waals surface area contributed by atoms with Gasteiger partial charge >= 0.3 is 6.09 Å². The fourth-order valence-corrected chi connectivity index (χ4v) is 3.10. The van der Waals surface area contributed by atoms with Crippen LogP contribution in [0.4, 0.5) is 10.5 Å². The molecule has 2 N–H and O–H groups in total. The van der Waals surface area contributed by atoms with Gasteiger partial charge in [0.15, 0.2) is 0 Å². The summed E-state index contributed by atoms with van der Waals surface area (Å²) in [6.45, 7) is 8.98. The Kier molecular flexibility index (Phi) is 7.26. The van der Waals surface area contributed by atoms with E-state index in [-0.39, 0.29) is 0 Å².